The molecule has 1 unspecified atom stereocenters. The number of aliphatic carboxylic acids is 1. The molecule has 1 N–H and O–H groups in total. The Hall–Kier alpha value is -2.49. The van der Waals surface area contributed by atoms with E-state index in [1.54, 1.807) is 0 Å². The summed E-state index contributed by atoms with van der Waals surface area (Å²) in [6, 6.07) is 13.9. The first-order chi connectivity index (χ1) is 11.0. The molecule has 1 aliphatic carbocycles. The average Bonchev–Trinajstić information content (AvgIpc) is 3.11. The first-order valence-electron chi connectivity index (χ1n) is 7.81. The molecule has 23 heavy (non-hydrogen) atoms. The van der Waals surface area contributed by atoms with Crippen molar-refractivity contribution in [3.8, 4) is 11.5 Å². The zero-order valence-corrected chi connectivity index (χ0v) is 13.0. The van der Waals surface area contributed by atoms with Crippen LogP contribution >= 0.6 is 0 Å². The second-order valence-corrected chi connectivity index (χ2v) is 6.35. The minimum atomic E-state index is -0.779. The summed E-state index contributed by atoms with van der Waals surface area (Å²) in [4.78, 5) is 11.1. The van der Waals surface area contributed by atoms with E-state index in [2.05, 4.69) is 19.1 Å². The summed E-state index contributed by atoms with van der Waals surface area (Å²) in [5, 5.41) is 9.10. The lowest BCUT2D eigenvalue weighted by molar-refractivity contribution is -0.139. The van der Waals surface area contributed by atoms with E-state index in [0.717, 1.165) is 22.6 Å². The van der Waals surface area contributed by atoms with Crippen molar-refractivity contribution in [1.82, 2.24) is 0 Å². The number of carboxylic acid groups (broad SMARTS) is 1. The highest BCUT2D eigenvalue weighted by Gasteiger charge is 2.63. The van der Waals surface area contributed by atoms with E-state index in [9.17, 15) is 4.79 Å². The van der Waals surface area contributed by atoms with Gasteiger partial charge in [-0.1, -0.05) is 35.9 Å². The third-order valence-corrected chi connectivity index (χ3v) is 4.67. The lowest BCUT2D eigenvalue weighted by Gasteiger charge is -2.17. The number of aryl methyl sites for hydroxylation is 1. The minimum Gasteiger partial charge on any atom is -0.488 e. The zero-order chi connectivity index (χ0) is 16.1. The smallest absolute Gasteiger partial charge is 0.311 e. The van der Waals surface area contributed by atoms with Gasteiger partial charge in [-0.3, -0.25) is 4.79 Å². The highest BCUT2D eigenvalue weighted by atomic mass is 16.5. The highest BCUT2D eigenvalue weighted by molar-refractivity contribution is 5.79. The van der Waals surface area contributed by atoms with Crippen molar-refractivity contribution in [3.05, 3.63) is 59.2 Å². The molecule has 2 aromatic rings. The summed E-state index contributed by atoms with van der Waals surface area (Å²) < 4.78 is 11.7. The van der Waals surface area contributed by atoms with Crippen LogP contribution in [0.4, 0.5) is 0 Å². The molecular weight excluding hydrogens is 292 g/mol. The Morgan fingerprint density at radius 2 is 2.09 bits per heavy atom. The second kappa shape index (κ2) is 5.01. The Morgan fingerprint density at radius 3 is 2.83 bits per heavy atom. The van der Waals surface area contributed by atoms with Crippen molar-refractivity contribution in [2.24, 2.45) is 5.92 Å². The third kappa shape index (κ3) is 2.34. The lowest BCUT2D eigenvalue weighted by Crippen LogP contribution is -2.09. The van der Waals surface area contributed by atoms with Crippen molar-refractivity contribution in [3.63, 3.8) is 0 Å². The predicted octanol–water partition coefficient (Wildman–Crippen LogP) is 3.69. The van der Waals surface area contributed by atoms with Crippen LogP contribution in [0.1, 0.15) is 35.6 Å². The lowest BCUT2D eigenvalue weighted by atomic mass is 10.1. The van der Waals surface area contributed by atoms with Crippen LogP contribution in [0.3, 0.4) is 0 Å². The summed E-state index contributed by atoms with van der Waals surface area (Å²) in [7, 11) is 0. The van der Waals surface area contributed by atoms with Gasteiger partial charge in [0.25, 0.3) is 0 Å². The molecule has 0 bridgehead atoms. The summed E-state index contributed by atoms with van der Waals surface area (Å²) >= 11 is 0. The van der Waals surface area contributed by atoms with E-state index in [-0.39, 0.29) is 24.0 Å². The highest BCUT2D eigenvalue weighted by Crippen LogP contribution is 2.58. The Balaban J connectivity index is 1.51. The number of ether oxygens (including phenoxy) is 2. The number of rotatable bonds is 4. The number of hydrogen-bond donors (Lipinski definition) is 1. The molecule has 1 heterocycles. The maximum atomic E-state index is 11.1. The molecule has 1 saturated carbocycles. The number of carbonyl (C=O) groups is 1. The SMILES string of the molecule is Cc1cccc(C(C)Oc2ccc3c(c2)O[C@H]2[C@H](C(=O)O)[C@@H]32)c1. The van der Waals surface area contributed by atoms with Gasteiger partial charge in [-0.15, -0.1) is 0 Å². The number of carboxylic acids is 1. The first kappa shape index (κ1) is 14.1. The Kier molecular flexibility index (Phi) is 3.08. The van der Waals surface area contributed by atoms with Crippen LogP contribution in [0.25, 0.3) is 0 Å². The predicted molar refractivity (Wildman–Crippen MR) is 84.9 cm³/mol. The van der Waals surface area contributed by atoms with Crippen LogP contribution in [0.5, 0.6) is 11.5 Å². The van der Waals surface area contributed by atoms with Crippen LogP contribution in [-0.4, -0.2) is 17.2 Å². The van der Waals surface area contributed by atoms with Gasteiger partial charge in [0.15, 0.2) is 0 Å². The molecule has 0 radical (unpaired) electrons. The molecule has 1 fully saturated rings. The standard InChI is InChI=1S/C19H18O4/c1-10-4-3-5-12(8-10)11(2)22-13-6-7-14-15(9-13)23-18-16(14)17(18)19(20)21/h3-9,11,16-18H,1-2H3,(H,20,21)/t11?,16-,17-,18-/m1/s1. The number of hydrogen-bond acceptors (Lipinski definition) is 3. The van der Waals surface area contributed by atoms with Gasteiger partial charge in [-0.2, -0.15) is 0 Å². The third-order valence-electron chi connectivity index (χ3n) is 4.67. The van der Waals surface area contributed by atoms with Gasteiger partial charge in [0.2, 0.25) is 0 Å². The van der Waals surface area contributed by atoms with Crippen molar-refractivity contribution >= 4 is 5.97 Å². The zero-order valence-electron chi connectivity index (χ0n) is 13.0. The normalized spacial score (nSPS) is 25.0. The van der Waals surface area contributed by atoms with Crippen LogP contribution in [0.15, 0.2) is 42.5 Å². The van der Waals surface area contributed by atoms with Crippen LogP contribution in [-0.2, 0) is 4.79 Å². The fourth-order valence-electron chi connectivity index (χ4n) is 3.40. The maximum Gasteiger partial charge on any atom is 0.311 e. The summed E-state index contributed by atoms with van der Waals surface area (Å²) in [5.74, 6) is 0.336. The number of fused-ring (bicyclic) bond motifs is 3. The molecule has 4 rings (SSSR count). The van der Waals surface area contributed by atoms with Crippen molar-refractivity contribution in [1.29, 1.82) is 0 Å². The van der Waals surface area contributed by atoms with Crippen LogP contribution in [0.2, 0.25) is 0 Å². The summed E-state index contributed by atoms with van der Waals surface area (Å²) in [6.45, 7) is 4.07. The second-order valence-electron chi connectivity index (χ2n) is 6.35. The molecule has 2 aromatic carbocycles. The fourth-order valence-corrected chi connectivity index (χ4v) is 3.40. The van der Waals surface area contributed by atoms with E-state index in [1.165, 1.54) is 5.56 Å². The van der Waals surface area contributed by atoms with Crippen molar-refractivity contribution < 1.29 is 19.4 Å². The topological polar surface area (TPSA) is 55.8 Å². The van der Waals surface area contributed by atoms with Gasteiger partial charge < -0.3 is 14.6 Å². The first-order valence-corrected chi connectivity index (χ1v) is 7.81. The van der Waals surface area contributed by atoms with Crippen molar-refractivity contribution in [2.75, 3.05) is 0 Å². The monoisotopic (exact) mass is 310 g/mol. The molecule has 4 atom stereocenters. The fraction of sp³-hybridized carbons (Fsp3) is 0.316. The van der Waals surface area contributed by atoms with Gasteiger partial charge in [0.1, 0.15) is 29.6 Å². The maximum absolute atomic E-state index is 11.1. The van der Waals surface area contributed by atoms with E-state index in [4.69, 9.17) is 14.6 Å². The van der Waals surface area contributed by atoms with Crippen molar-refractivity contribution in [2.45, 2.75) is 32.0 Å². The van der Waals surface area contributed by atoms with E-state index in [0.29, 0.717) is 0 Å². The van der Waals surface area contributed by atoms with Crippen LogP contribution in [0, 0.1) is 12.8 Å². The van der Waals surface area contributed by atoms with Gasteiger partial charge >= 0.3 is 5.97 Å². The van der Waals surface area contributed by atoms with Gasteiger partial charge in [-0.25, -0.2) is 0 Å². The van der Waals surface area contributed by atoms with E-state index in [1.807, 2.05) is 37.3 Å². The number of benzene rings is 2. The van der Waals surface area contributed by atoms with Gasteiger partial charge in [0.05, 0.1) is 0 Å². The molecule has 4 nitrogen and oxygen atoms in total. The minimum absolute atomic E-state index is 0.00532. The Morgan fingerprint density at radius 1 is 1.26 bits per heavy atom. The van der Waals surface area contributed by atoms with Crippen LogP contribution < -0.4 is 9.47 Å². The molecule has 1 aliphatic heterocycles. The van der Waals surface area contributed by atoms with Gasteiger partial charge in [0, 0.05) is 17.5 Å². The molecule has 0 saturated heterocycles. The van der Waals surface area contributed by atoms with Gasteiger partial charge in [-0.05, 0) is 25.5 Å². The molecule has 2 aliphatic rings. The summed E-state index contributed by atoms with van der Waals surface area (Å²) in [5.41, 5.74) is 3.31. The van der Waals surface area contributed by atoms with E-state index >= 15 is 0 Å². The van der Waals surface area contributed by atoms with E-state index < -0.39 is 5.97 Å². The Bertz CT molecular complexity index is 783. The Labute approximate surface area is 134 Å². The molecular formula is C19H18O4. The summed E-state index contributed by atoms with van der Waals surface area (Å²) in [6.07, 6.45) is -0.261. The largest absolute Gasteiger partial charge is 0.488 e. The molecule has 4 heteroatoms. The molecule has 0 aromatic heterocycles. The molecule has 0 spiro atoms. The molecule has 0 amide bonds. The average molecular weight is 310 g/mol. The quantitative estimate of drug-likeness (QED) is 0.935. The molecule has 118 valence electrons.